The van der Waals surface area contributed by atoms with Crippen LogP contribution in [0.4, 0.5) is 0 Å². The third kappa shape index (κ3) is 5.92. The monoisotopic (exact) mass is 358 g/mol. The smallest absolute Gasteiger partial charge is 0.376 e. The summed E-state index contributed by atoms with van der Waals surface area (Å²) in [6, 6.07) is 0. The molecular formula is C12H30O6SSi2. The number of hydrogen-bond donors (Lipinski definition) is 0. The van der Waals surface area contributed by atoms with Crippen molar-refractivity contribution < 1.29 is 26.6 Å². The fourth-order valence-corrected chi connectivity index (χ4v) is 13.1. The van der Waals surface area contributed by atoms with E-state index in [0.717, 1.165) is 6.42 Å². The molecule has 0 rings (SSSR count). The van der Waals surface area contributed by atoms with Gasteiger partial charge in [-0.2, -0.15) is 0 Å². The minimum atomic E-state index is -2.83. The van der Waals surface area contributed by atoms with Crippen LogP contribution < -0.4 is 0 Å². The van der Waals surface area contributed by atoms with Gasteiger partial charge < -0.3 is 26.6 Å². The largest absolute Gasteiger partial charge is 0.573 e. The highest BCUT2D eigenvalue weighted by atomic mass is 32.4. The lowest BCUT2D eigenvalue weighted by atomic mass is 10.6. The molecule has 0 radical (unpaired) electrons. The van der Waals surface area contributed by atoms with Gasteiger partial charge in [-0.1, -0.05) is 18.1 Å². The average Bonchev–Trinajstić information content (AvgIpc) is 2.49. The van der Waals surface area contributed by atoms with E-state index >= 15 is 0 Å². The van der Waals surface area contributed by atoms with Crippen LogP contribution in [-0.2, 0) is 26.6 Å². The van der Waals surface area contributed by atoms with Crippen LogP contribution in [0.15, 0.2) is 0 Å². The minimum Gasteiger partial charge on any atom is -0.376 e. The van der Waals surface area contributed by atoms with E-state index in [-0.39, 0.29) is 4.87 Å². The molecule has 1 unspecified atom stereocenters. The summed E-state index contributed by atoms with van der Waals surface area (Å²) in [5.41, 5.74) is 0. The molecule has 0 aromatic rings. The molecule has 0 bridgehead atoms. The fraction of sp³-hybridized carbons (Fsp3) is 1.00. The quantitative estimate of drug-likeness (QED) is 0.469. The zero-order chi connectivity index (χ0) is 16.4. The van der Waals surface area contributed by atoms with E-state index in [1.807, 2.05) is 20.8 Å². The molecule has 0 N–H and O–H groups in total. The van der Waals surface area contributed by atoms with Gasteiger partial charge in [-0.25, -0.2) is 0 Å². The Bertz CT molecular complexity index is 243. The Kier molecular flexibility index (Phi) is 11.4. The maximum absolute atomic E-state index is 5.88. The molecule has 0 saturated carbocycles. The molecule has 0 amide bonds. The van der Waals surface area contributed by atoms with Crippen molar-refractivity contribution in [3.05, 3.63) is 0 Å². The van der Waals surface area contributed by atoms with Crippen LogP contribution in [0.2, 0.25) is 0 Å². The van der Waals surface area contributed by atoms with E-state index in [2.05, 4.69) is 6.92 Å². The Balaban J connectivity index is 5.31. The predicted molar refractivity (Wildman–Crippen MR) is 89.1 cm³/mol. The van der Waals surface area contributed by atoms with E-state index < -0.39 is 16.8 Å². The first-order chi connectivity index (χ1) is 10.0. The molecule has 0 heterocycles. The molecule has 6 nitrogen and oxygen atoms in total. The van der Waals surface area contributed by atoms with Gasteiger partial charge >= 0.3 is 16.8 Å². The summed E-state index contributed by atoms with van der Waals surface area (Å²) in [6.45, 7) is 9.50. The summed E-state index contributed by atoms with van der Waals surface area (Å²) < 4.78 is 34.4. The SMILES string of the molecule is CCO[Si](OCC)(OCC)SC(CC)[Si](OC)(OC)OC. The molecule has 0 aliphatic heterocycles. The summed E-state index contributed by atoms with van der Waals surface area (Å²) >= 11 is 1.55. The van der Waals surface area contributed by atoms with Gasteiger partial charge in [-0.05, 0) is 27.2 Å². The third-order valence-corrected chi connectivity index (χ3v) is 13.3. The average molecular weight is 359 g/mol. The zero-order valence-corrected chi connectivity index (χ0v) is 17.1. The van der Waals surface area contributed by atoms with Crippen LogP contribution in [0.3, 0.4) is 0 Å². The van der Waals surface area contributed by atoms with Crippen molar-refractivity contribution in [2.45, 2.75) is 39.0 Å². The second-order valence-electron chi connectivity index (χ2n) is 4.03. The number of rotatable bonds is 13. The molecule has 0 spiro atoms. The van der Waals surface area contributed by atoms with Gasteiger partial charge in [0, 0.05) is 41.2 Å². The first-order valence-corrected chi connectivity index (χ1v) is 12.4. The van der Waals surface area contributed by atoms with Crippen molar-refractivity contribution in [3.63, 3.8) is 0 Å². The fourth-order valence-electron chi connectivity index (χ4n) is 1.98. The first-order valence-electron chi connectivity index (χ1n) is 7.28. The highest BCUT2D eigenvalue weighted by Crippen LogP contribution is 2.36. The molecule has 1 atom stereocenters. The van der Waals surface area contributed by atoms with Crippen molar-refractivity contribution in [1.29, 1.82) is 0 Å². The predicted octanol–water partition coefficient (Wildman–Crippen LogP) is 2.46. The third-order valence-electron chi connectivity index (χ3n) is 2.87. The van der Waals surface area contributed by atoms with E-state index in [1.54, 1.807) is 32.5 Å². The van der Waals surface area contributed by atoms with Gasteiger partial charge in [-0.3, -0.25) is 0 Å². The topological polar surface area (TPSA) is 55.4 Å². The molecule has 21 heavy (non-hydrogen) atoms. The number of hydrogen-bond acceptors (Lipinski definition) is 7. The van der Waals surface area contributed by atoms with Crippen LogP contribution in [0.1, 0.15) is 34.1 Å². The second-order valence-corrected chi connectivity index (χ2v) is 12.5. The van der Waals surface area contributed by atoms with Crippen molar-refractivity contribution in [3.8, 4) is 0 Å². The summed E-state index contributed by atoms with van der Waals surface area (Å²) in [7, 11) is -0.756. The van der Waals surface area contributed by atoms with Gasteiger partial charge in [0.2, 0.25) is 0 Å². The first kappa shape index (κ1) is 21.5. The molecular weight excluding hydrogens is 328 g/mol. The molecule has 0 saturated heterocycles. The van der Waals surface area contributed by atoms with Gasteiger partial charge in [0.05, 0.1) is 4.87 Å². The summed E-state index contributed by atoms with van der Waals surface area (Å²) in [5, 5.41) is 0. The minimum absolute atomic E-state index is 0.00573. The van der Waals surface area contributed by atoms with Gasteiger partial charge in [-0.15, -0.1) is 0 Å². The zero-order valence-electron chi connectivity index (χ0n) is 14.3. The lowest BCUT2D eigenvalue weighted by molar-refractivity contribution is 0.0952. The van der Waals surface area contributed by atoms with E-state index in [0.29, 0.717) is 19.8 Å². The summed E-state index contributed by atoms with van der Waals surface area (Å²) in [5.74, 6) is 0. The lowest BCUT2D eigenvalue weighted by Gasteiger charge is -2.36. The Morgan fingerprint density at radius 1 is 0.762 bits per heavy atom. The van der Waals surface area contributed by atoms with Gasteiger partial charge in [0.1, 0.15) is 0 Å². The lowest BCUT2D eigenvalue weighted by Crippen LogP contribution is -2.56. The summed E-state index contributed by atoms with van der Waals surface area (Å²) in [6.07, 6.45) is 0.814. The van der Waals surface area contributed by atoms with E-state index in [4.69, 9.17) is 26.6 Å². The molecule has 128 valence electrons. The molecule has 0 aromatic carbocycles. The standard InChI is InChI=1S/C12H30O6SSi2/c1-8-12(20(13-5,14-6)15-7)19-21(16-9-2,17-10-3)18-11-4/h12H,8-11H2,1-7H3. The van der Waals surface area contributed by atoms with Crippen LogP contribution >= 0.6 is 11.2 Å². The van der Waals surface area contributed by atoms with Crippen molar-refractivity contribution >= 4 is 28.0 Å². The molecule has 0 aliphatic carbocycles. The Morgan fingerprint density at radius 3 is 1.38 bits per heavy atom. The van der Waals surface area contributed by atoms with Crippen molar-refractivity contribution in [1.82, 2.24) is 0 Å². The normalized spacial score (nSPS) is 14.4. The van der Waals surface area contributed by atoms with E-state index in [9.17, 15) is 0 Å². The van der Waals surface area contributed by atoms with Crippen LogP contribution in [0.25, 0.3) is 0 Å². The van der Waals surface area contributed by atoms with Crippen molar-refractivity contribution in [2.75, 3.05) is 41.2 Å². The molecule has 0 aromatic heterocycles. The Hall–Kier alpha value is 0.544. The second kappa shape index (κ2) is 11.1. The maximum Gasteiger partial charge on any atom is 0.573 e. The maximum atomic E-state index is 5.88. The highest BCUT2D eigenvalue weighted by Gasteiger charge is 2.55. The molecule has 0 fully saturated rings. The van der Waals surface area contributed by atoms with Gasteiger partial charge in [0.15, 0.2) is 0 Å². The summed E-state index contributed by atoms with van der Waals surface area (Å²) in [4.78, 5) is -0.00573. The van der Waals surface area contributed by atoms with Crippen LogP contribution in [0.5, 0.6) is 0 Å². The highest BCUT2D eigenvalue weighted by molar-refractivity contribution is 8.28. The van der Waals surface area contributed by atoms with E-state index in [1.165, 1.54) is 0 Å². The van der Waals surface area contributed by atoms with Gasteiger partial charge in [0.25, 0.3) is 0 Å². The van der Waals surface area contributed by atoms with Crippen LogP contribution in [-0.4, -0.2) is 62.8 Å². The van der Waals surface area contributed by atoms with Crippen LogP contribution in [0, 0.1) is 0 Å². The Morgan fingerprint density at radius 2 is 1.14 bits per heavy atom. The van der Waals surface area contributed by atoms with Crippen molar-refractivity contribution in [2.24, 2.45) is 0 Å². The molecule has 9 heteroatoms. The molecule has 0 aliphatic rings. The Labute approximate surface area is 135 Å².